The van der Waals surface area contributed by atoms with Gasteiger partial charge in [0.2, 0.25) is 4.93 Å². The zero-order chi connectivity index (χ0) is 7.07. The molecule has 0 saturated carbocycles. The molecule has 0 fully saturated rings. The Labute approximate surface area is 57.7 Å². The predicted octanol–water partition coefficient (Wildman–Crippen LogP) is 0.631. The fraction of sp³-hybridized carbons (Fsp3) is 0.400. The average molecular weight is 146 g/mol. The lowest BCUT2D eigenvalue weighted by molar-refractivity contribution is -0.140. The summed E-state index contributed by atoms with van der Waals surface area (Å²) in [7, 11) is 0. The van der Waals surface area contributed by atoms with Crippen molar-refractivity contribution in [3.8, 4) is 0 Å². The number of rotatable bonds is 0. The molecule has 0 aromatic carbocycles. The highest BCUT2D eigenvalue weighted by Gasteiger charge is 2.34. The Kier molecular flexibility index (Phi) is 1.20. The molecule has 0 aromatic rings. The Bertz CT molecular complexity index is 183. The minimum Gasteiger partial charge on any atom is -0.507 e. The van der Waals surface area contributed by atoms with Crippen LogP contribution in [0.15, 0.2) is 11.8 Å². The number of ether oxygens (including phenoxy) is 1. The van der Waals surface area contributed by atoms with E-state index in [4.69, 9.17) is 5.11 Å². The molecule has 0 saturated heterocycles. The summed E-state index contributed by atoms with van der Waals surface area (Å²) in [5.41, 5.74) is 0. The summed E-state index contributed by atoms with van der Waals surface area (Å²) in [4.78, 5) is 9.25. The van der Waals surface area contributed by atoms with E-state index in [0.717, 1.165) is 6.08 Å². The van der Waals surface area contributed by atoms with E-state index in [9.17, 15) is 4.79 Å². The van der Waals surface area contributed by atoms with E-state index >= 15 is 0 Å². The topological polar surface area (TPSA) is 46.5 Å². The van der Waals surface area contributed by atoms with Crippen molar-refractivity contribution in [1.82, 2.24) is 0 Å². The summed E-state index contributed by atoms with van der Waals surface area (Å²) in [5, 5.41) is 8.87. The average Bonchev–Trinajstić information content (AvgIpc) is 1.79. The van der Waals surface area contributed by atoms with Gasteiger partial charge in [-0.05, 0) is 6.92 Å². The number of thiol groups is 1. The lowest BCUT2D eigenvalue weighted by Crippen LogP contribution is -2.19. The molecule has 1 N–H and O–H groups in total. The first-order valence-corrected chi connectivity index (χ1v) is 2.83. The third-order valence-corrected chi connectivity index (χ3v) is 1.35. The molecule has 0 spiro atoms. The van der Waals surface area contributed by atoms with E-state index in [1.165, 1.54) is 6.92 Å². The molecule has 1 rings (SSSR count). The first-order chi connectivity index (χ1) is 4.02. The van der Waals surface area contributed by atoms with Gasteiger partial charge >= 0.3 is 5.97 Å². The molecule has 1 aliphatic heterocycles. The third kappa shape index (κ3) is 1.03. The molecule has 1 aliphatic rings. The predicted molar refractivity (Wildman–Crippen MR) is 34.2 cm³/mol. The first-order valence-electron chi connectivity index (χ1n) is 2.39. The van der Waals surface area contributed by atoms with Crippen LogP contribution in [0.1, 0.15) is 6.92 Å². The molecule has 1 heterocycles. The van der Waals surface area contributed by atoms with Gasteiger partial charge in [-0.3, -0.25) is 0 Å². The van der Waals surface area contributed by atoms with Gasteiger partial charge in [-0.2, -0.15) is 0 Å². The molecule has 1 unspecified atom stereocenters. The van der Waals surface area contributed by atoms with Crippen LogP contribution in [-0.4, -0.2) is 16.0 Å². The van der Waals surface area contributed by atoms with E-state index in [0.29, 0.717) is 0 Å². The van der Waals surface area contributed by atoms with Gasteiger partial charge in [0.15, 0.2) is 5.76 Å². The van der Waals surface area contributed by atoms with Gasteiger partial charge in [-0.25, -0.2) is 4.79 Å². The number of carbonyl (C=O) groups is 1. The van der Waals surface area contributed by atoms with Crippen molar-refractivity contribution in [3.63, 3.8) is 0 Å². The maximum absolute atomic E-state index is 10.4. The lowest BCUT2D eigenvalue weighted by Gasteiger charge is -2.14. The SMILES string of the molecule is CC1(S)OC(=O)C=C1O. The van der Waals surface area contributed by atoms with Crippen molar-refractivity contribution in [2.75, 3.05) is 0 Å². The monoisotopic (exact) mass is 146 g/mol. The standard InChI is InChI=1S/C5H6O3S/c1-5(9)3(6)2-4(7)8-5/h2,6,9H,1H3. The Balaban J connectivity index is 2.89. The molecule has 0 bridgehead atoms. The highest BCUT2D eigenvalue weighted by atomic mass is 32.1. The minimum atomic E-state index is -1.11. The van der Waals surface area contributed by atoms with Crippen LogP contribution in [0.5, 0.6) is 0 Å². The second-order valence-electron chi connectivity index (χ2n) is 1.93. The number of cyclic esters (lactones) is 1. The summed E-state index contributed by atoms with van der Waals surface area (Å²) in [6, 6.07) is 0. The van der Waals surface area contributed by atoms with Crippen molar-refractivity contribution in [1.29, 1.82) is 0 Å². The van der Waals surface area contributed by atoms with Crippen LogP contribution in [0.25, 0.3) is 0 Å². The highest BCUT2D eigenvalue weighted by molar-refractivity contribution is 7.81. The second-order valence-corrected chi connectivity index (χ2v) is 2.79. The first kappa shape index (κ1) is 6.48. The summed E-state index contributed by atoms with van der Waals surface area (Å²) >= 11 is 3.84. The van der Waals surface area contributed by atoms with Crippen molar-refractivity contribution in [3.05, 3.63) is 11.8 Å². The Morgan fingerprint density at radius 3 is 2.56 bits per heavy atom. The fourth-order valence-corrected chi connectivity index (χ4v) is 0.678. The molecule has 50 valence electrons. The van der Waals surface area contributed by atoms with Crippen LogP contribution in [-0.2, 0) is 9.53 Å². The third-order valence-electron chi connectivity index (χ3n) is 1.03. The van der Waals surface area contributed by atoms with E-state index in [2.05, 4.69) is 17.4 Å². The molecule has 3 nitrogen and oxygen atoms in total. The minimum absolute atomic E-state index is 0.143. The number of hydrogen-bond donors (Lipinski definition) is 2. The molecule has 0 radical (unpaired) electrons. The van der Waals surface area contributed by atoms with E-state index < -0.39 is 10.9 Å². The van der Waals surface area contributed by atoms with Gasteiger partial charge in [0, 0.05) is 0 Å². The van der Waals surface area contributed by atoms with Gasteiger partial charge in [0.25, 0.3) is 0 Å². The van der Waals surface area contributed by atoms with Crippen molar-refractivity contribution in [2.24, 2.45) is 0 Å². The fourth-order valence-electron chi connectivity index (χ4n) is 0.523. The van der Waals surface area contributed by atoms with Gasteiger partial charge < -0.3 is 9.84 Å². The van der Waals surface area contributed by atoms with Crippen molar-refractivity contribution >= 4 is 18.6 Å². The zero-order valence-electron chi connectivity index (χ0n) is 4.79. The van der Waals surface area contributed by atoms with Crippen LogP contribution in [0, 0.1) is 0 Å². The number of hydrogen-bond acceptors (Lipinski definition) is 4. The molecule has 0 aliphatic carbocycles. The van der Waals surface area contributed by atoms with Gasteiger partial charge in [0.1, 0.15) is 0 Å². The van der Waals surface area contributed by atoms with Crippen LogP contribution in [0.2, 0.25) is 0 Å². The normalized spacial score (nSPS) is 34.0. The second kappa shape index (κ2) is 1.67. The van der Waals surface area contributed by atoms with Gasteiger partial charge in [-0.15, -0.1) is 12.6 Å². The molecular weight excluding hydrogens is 140 g/mol. The molecule has 9 heavy (non-hydrogen) atoms. The van der Waals surface area contributed by atoms with Crippen LogP contribution < -0.4 is 0 Å². The number of esters is 1. The van der Waals surface area contributed by atoms with Gasteiger partial charge in [-0.1, -0.05) is 0 Å². The summed E-state index contributed by atoms with van der Waals surface area (Å²) in [6.07, 6.45) is 1.01. The molecule has 0 amide bonds. The molecule has 1 atom stereocenters. The van der Waals surface area contributed by atoms with Crippen molar-refractivity contribution < 1.29 is 14.6 Å². The quantitative estimate of drug-likeness (QED) is 0.389. The molecule has 4 heteroatoms. The molecule has 0 aromatic heterocycles. The Hall–Kier alpha value is -0.640. The number of carbonyl (C=O) groups excluding carboxylic acids is 1. The van der Waals surface area contributed by atoms with Crippen molar-refractivity contribution in [2.45, 2.75) is 11.9 Å². The van der Waals surface area contributed by atoms with E-state index in [1.54, 1.807) is 0 Å². The molecular formula is C5H6O3S. The largest absolute Gasteiger partial charge is 0.507 e. The lowest BCUT2D eigenvalue weighted by atomic mass is 10.3. The zero-order valence-corrected chi connectivity index (χ0v) is 5.68. The van der Waals surface area contributed by atoms with Gasteiger partial charge in [0.05, 0.1) is 6.08 Å². The Morgan fingerprint density at radius 1 is 1.89 bits per heavy atom. The Morgan fingerprint density at radius 2 is 2.44 bits per heavy atom. The maximum atomic E-state index is 10.4. The van der Waals surface area contributed by atoms with Crippen LogP contribution >= 0.6 is 12.6 Å². The highest BCUT2D eigenvalue weighted by Crippen LogP contribution is 2.28. The number of aliphatic hydroxyl groups excluding tert-OH is 1. The van der Waals surface area contributed by atoms with E-state index in [-0.39, 0.29) is 5.76 Å². The van der Waals surface area contributed by atoms with Crippen LogP contribution in [0.4, 0.5) is 0 Å². The summed E-state index contributed by atoms with van der Waals surface area (Å²) in [5.74, 6) is -0.694. The maximum Gasteiger partial charge on any atom is 0.336 e. The summed E-state index contributed by atoms with van der Waals surface area (Å²) in [6.45, 7) is 1.49. The number of aliphatic hydroxyl groups is 1. The smallest absolute Gasteiger partial charge is 0.336 e. The van der Waals surface area contributed by atoms with E-state index in [1.807, 2.05) is 0 Å². The van der Waals surface area contributed by atoms with Crippen LogP contribution in [0.3, 0.4) is 0 Å². The summed E-state index contributed by atoms with van der Waals surface area (Å²) < 4.78 is 4.54.